The Labute approximate surface area is 206 Å². The molecular weight excluding hydrogens is 456 g/mol. The Morgan fingerprint density at radius 1 is 0.971 bits per heavy atom. The number of nitrogens with zero attached hydrogens (tertiary/aromatic N) is 2. The molecule has 3 aromatic carbocycles. The molecule has 174 valence electrons. The molecule has 1 unspecified atom stereocenters. The van der Waals surface area contributed by atoms with Crippen LogP contribution in [0.2, 0.25) is 0 Å². The number of allylic oxidation sites excluding steroid dienone is 1. The van der Waals surface area contributed by atoms with Crippen molar-refractivity contribution >= 4 is 23.1 Å². The van der Waals surface area contributed by atoms with Gasteiger partial charge < -0.3 is 9.47 Å². The molecule has 0 N–H and O–H groups in total. The van der Waals surface area contributed by atoms with E-state index in [4.69, 9.17) is 14.5 Å². The summed E-state index contributed by atoms with van der Waals surface area (Å²) in [5.74, 6) is 1.50. The largest absolute Gasteiger partial charge is 0.497 e. The summed E-state index contributed by atoms with van der Waals surface area (Å²) in [4.78, 5) is 19.6. The van der Waals surface area contributed by atoms with Crippen LogP contribution in [-0.2, 0) is 6.42 Å². The van der Waals surface area contributed by atoms with Crippen LogP contribution in [-0.4, -0.2) is 18.8 Å². The van der Waals surface area contributed by atoms with E-state index < -0.39 is 0 Å². The van der Waals surface area contributed by atoms with Crippen molar-refractivity contribution in [2.24, 2.45) is 4.99 Å². The Morgan fingerprint density at radius 3 is 2.66 bits per heavy atom. The van der Waals surface area contributed by atoms with Crippen LogP contribution in [0, 0.1) is 0 Å². The highest BCUT2D eigenvalue weighted by atomic mass is 32.1. The molecule has 0 fully saturated rings. The van der Waals surface area contributed by atoms with Gasteiger partial charge in [0, 0.05) is 11.1 Å². The predicted molar refractivity (Wildman–Crippen MR) is 139 cm³/mol. The SMILES string of the molecule is COc1cccc(C2C3=C(N=c4sc(=Cc5ccccc5OC)c(=O)n42)c2ccccc2CC3)c1. The van der Waals surface area contributed by atoms with Crippen LogP contribution in [0.1, 0.15) is 34.7 Å². The zero-order valence-corrected chi connectivity index (χ0v) is 20.3. The first-order chi connectivity index (χ1) is 17.2. The lowest BCUT2D eigenvalue weighted by Gasteiger charge is -2.31. The second kappa shape index (κ2) is 8.71. The Bertz CT molecular complexity index is 1660. The molecule has 0 saturated carbocycles. The summed E-state index contributed by atoms with van der Waals surface area (Å²) in [5, 5.41) is 0. The van der Waals surface area contributed by atoms with Gasteiger partial charge in [0.05, 0.1) is 30.5 Å². The van der Waals surface area contributed by atoms with Gasteiger partial charge in [-0.2, -0.15) is 0 Å². The minimum atomic E-state index is -0.232. The van der Waals surface area contributed by atoms with E-state index in [1.54, 1.807) is 14.2 Å². The number of fused-ring (bicyclic) bond motifs is 3. The molecule has 0 bridgehead atoms. The molecule has 0 amide bonds. The molecule has 4 aromatic rings. The summed E-state index contributed by atoms with van der Waals surface area (Å²) in [6, 6.07) is 23.9. The Hall–Kier alpha value is -3.90. The maximum Gasteiger partial charge on any atom is 0.271 e. The first-order valence-electron chi connectivity index (χ1n) is 11.6. The van der Waals surface area contributed by atoms with Crippen LogP contribution < -0.4 is 24.4 Å². The Balaban J connectivity index is 1.63. The number of rotatable bonds is 4. The summed E-state index contributed by atoms with van der Waals surface area (Å²) < 4.78 is 13.5. The first kappa shape index (κ1) is 21.6. The number of aromatic nitrogens is 1. The van der Waals surface area contributed by atoms with E-state index in [1.165, 1.54) is 22.5 Å². The molecular formula is C29H24N2O3S. The molecule has 1 atom stereocenters. The first-order valence-corrected chi connectivity index (χ1v) is 12.4. The standard InChI is InChI=1S/C29H24N2O3S/c1-33-21-11-7-10-20(16-21)27-23-15-14-18-8-3-5-12-22(18)26(23)30-29-31(27)28(32)25(35-29)17-19-9-4-6-13-24(19)34-2/h3-13,16-17,27H,14-15H2,1-2H3. The van der Waals surface area contributed by atoms with E-state index in [0.717, 1.165) is 46.7 Å². The summed E-state index contributed by atoms with van der Waals surface area (Å²) in [6.45, 7) is 0. The molecule has 2 heterocycles. The van der Waals surface area contributed by atoms with Crippen molar-refractivity contribution in [1.29, 1.82) is 0 Å². The van der Waals surface area contributed by atoms with Gasteiger partial charge in [-0.15, -0.1) is 0 Å². The summed E-state index contributed by atoms with van der Waals surface area (Å²) in [6.07, 6.45) is 3.69. The molecule has 1 aliphatic carbocycles. The highest BCUT2D eigenvalue weighted by Crippen LogP contribution is 2.41. The van der Waals surface area contributed by atoms with Crippen molar-refractivity contribution in [3.63, 3.8) is 0 Å². The number of hydrogen-bond donors (Lipinski definition) is 0. The van der Waals surface area contributed by atoms with Crippen LogP contribution in [0.25, 0.3) is 11.8 Å². The maximum atomic E-state index is 13.9. The quantitative estimate of drug-likeness (QED) is 0.437. The van der Waals surface area contributed by atoms with Crippen molar-refractivity contribution in [3.8, 4) is 11.5 Å². The summed E-state index contributed by atoms with van der Waals surface area (Å²) in [5.41, 5.74) is 6.47. The van der Waals surface area contributed by atoms with Gasteiger partial charge in [-0.05, 0) is 53.8 Å². The molecule has 5 nitrogen and oxygen atoms in total. The zero-order chi connectivity index (χ0) is 23.9. The van der Waals surface area contributed by atoms with Crippen LogP contribution >= 0.6 is 11.3 Å². The van der Waals surface area contributed by atoms with Gasteiger partial charge in [-0.3, -0.25) is 9.36 Å². The highest BCUT2D eigenvalue weighted by molar-refractivity contribution is 7.07. The average molecular weight is 481 g/mol. The molecule has 0 spiro atoms. The van der Waals surface area contributed by atoms with Gasteiger partial charge in [-0.25, -0.2) is 4.99 Å². The lowest BCUT2D eigenvalue weighted by atomic mass is 9.83. The number of benzene rings is 3. The number of aryl methyl sites for hydroxylation is 1. The number of thiazole rings is 1. The van der Waals surface area contributed by atoms with Crippen molar-refractivity contribution in [2.45, 2.75) is 18.9 Å². The Morgan fingerprint density at radius 2 is 1.80 bits per heavy atom. The fourth-order valence-corrected chi connectivity index (χ4v) is 6.05. The van der Waals surface area contributed by atoms with Crippen molar-refractivity contribution in [3.05, 3.63) is 120 Å². The molecule has 0 radical (unpaired) electrons. The normalized spacial score (nSPS) is 16.7. The number of methoxy groups -OCH3 is 2. The number of para-hydroxylation sites is 1. The minimum absolute atomic E-state index is 0.0436. The van der Waals surface area contributed by atoms with Gasteiger partial charge in [-0.1, -0.05) is 65.9 Å². The molecule has 1 aromatic heterocycles. The monoisotopic (exact) mass is 480 g/mol. The average Bonchev–Trinajstić information content (AvgIpc) is 3.22. The lowest BCUT2D eigenvalue weighted by molar-refractivity contribution is 0.413. The Kier molecular flexibility index (Phi) is 5.38. The third-order valence-corrected chi connectivity index (χ3v) is 7.69. The smallest absolute Gasteiger partial charge is 0.271 e. The van der Waals surface area contributed by atoms with Crippen LogP contribution in [0.15, 0.2) is 88.2 Å². The van der Waals surface area contributed by atoms with Crippen LogP contribution in [0.3, 0.4) is 0 Å². The van der Waals surface area contributed by atoms with Gasteiger partial charge in [0.25, 0.3) is 5.56 Å². The fourth-order valence-electron chi connectivity index (χ4n) is 5.06. The second-order valence-corrected chi connectivity index (χ2v) is 9.64. The molecule has 1 aliphatic heterocycles. The maximum absolute atomic E-state index is 13.9. The van der Waals surface area contributed by atoms with E-state index in [1.807, 2.05) is 53.1 Å². The van der Waals surface area contributed by atoms with Gasteiger partial charge >= 0.3 is 0 Å². The van der Waals surface area contributed by atoms with E-state index in [2.05, 4.69) is 30.3 Å². The van der Waals surface area contributed by atoms with Crippen molar-refractivity contribution in [1.82, 2.24) is 4.57 Å². The topological polar surface area (TPSA) is 52.8 Å². The van der Waals surface area contributed by atoms with Crippen molar-refractivity contribution in [2.75, 3.05) is 14.2 Å². The fraction of sp³-hybridized carbons (Fsp3) is 0.172. The van der Waals surface area contributed by atoms with Gasteiger partial charge in [0.2, 0.25) is 0 Å². The minimum Gasteiger partial charge on any atom is -0.497 e. The van der Waals surface area contributed by atoms with E-state index >= 15 is 0 Å². The van der Waals surface area contributed by atoms with Crippen molar-refractivity contribution < 1.29 is 9.47 Å². The number of hydrogen-bond acceptors (Lipinski definition) is 5. The van der Waals surface area contributed by atoms with E-state index in [-0.39, 0.29) is 11.6 Å². The zero-order valence-electron chi connectivity index (χ0n) is 19.5. The van der Waals surface area contributed by atoms with Crippen LogP contribution in [0.4, 0.5) is 0 Å². The van der Waals surface area contributed by atoms with Gasteiger partial charge in [0.15, 0.2) is 4.80 Å². The highest BCUT2D eigenvalue weighted by Gasteiger charge is 2.32. The predicted octanol–water partition coefficient (Wildman–Crippen LogP) is 4.34. The number of ether oxygens (including phenoxy) is 2. The lowest BCUT2D eigenvalue weighted by Crippen LogP contribution is -2.38. The summed E-state index contributed by atoms with van der Waals surface area (Å²) >= 11 is 1.42. The molecule has 6 rings (SSSR count). The third kappa shape index (κ3) is 3.61. The molecule has 2 aliphatic rings. The molecule has 6 heteroatoms. The molecule has 0 saturated heterocycles. The van der Waals surface area contributed by atoms with Gasteiger partial charge in [0.1, 0.15) is 11.5 Å². The van der Waals surface area contributed by atoms with E-state index in [9.17, 15) is 4.79 Å². The van der Waals surface area contributed by atoms with E-state index in [0.29, 0.717) is 9.33 Å². The molecule has 35 heavy (non-hydrogen) atoms. The summed E-state index contributed by atoms with van der Waals surface area (Å²) in [7, 11) is 3.31. The third-order valence-electron chi connectivity index (χ3n) is 6.71. The second-order valence-electron chi connectivity index (χ2n) is 8.63. The van der Waals surface area contributed by atoms with Crippen LogP contribution in [0.5, 0.6) is 11.5 Å².